The minimum atomic E-state index is 0.0128. The molecule has 1 N–H and O–H groups in total. The van der Waals surface area contributed by atoms with Crippen molar-refractivity contribution in [3.05, 3.63) is 29.3 Å². The average molecular weight is 209 g/mol. The predicted octanol–water partition coefficient (Wildman–Crippen LogP) is 3.61. The first kappa shape index (κ1) is 11.3. The lowest BCUT2D eigenvalue weighted by atomic mass is 10.1. The van der Waals surface area contributed by atoms with Crippen LogP contribution in [-0.2, 0) is 6.42 Å². The Labute approximate surface area is 89.6 Å². The molecule has 0 aliphatic rings. The van der Waals surface area contributed by atoms with Gasteiger partial charge in [0.05, 0.1) is 0 Å². The zero-order chi connectivity index (χ0) is 10.6. The van der Waals surface area contributed by atoms with Crippen LogP contribution in [0.3, 0.4) is 0 Å². The molecule has 0 saturated carbocycles. The SMILES string of the molecule is C=S(C)Nc1ccc(CCC)cc1C. The van der Waals surface area contributed by atoms with E-state index in [1.807, 2.05) is 0 Å². The van der Waals surface area contributed by atoms with Gasteiger partial charge >= 0.3 is 0 Å². The first-order valence-electron chi connectivity index (χ1n) is 4.95. The van der Waals surface area contributed by atoms with E-state index in [9.17, 15) is 0 Å². The van der Waals surface area contributed by atoms with Crippen molar-refractivity contribution >= 4 is 22.2 Å². The summed E-state index contributed by atoms with van der Waals surface area (Å²) >= 11 is 0. The second-order valence-electron chi connectivity index (χ2n) is 3.64. The summed E-state index contributed by atoms with van der Waals surface area (Å²) in [5.74, 6) is 3.95. The number of aryl methyl sites for hydroxylation is 2. The molecule has 0 aliphatic carbocycles. The summed E-state index contributed by atoms with van der Waals surface area (Å²) in [6, 6.07) is 6.62. The number of hydrogen-bond acceptors (Lipinski definition) is 1. The van der Waals surface area contributed by atoms with Gasteiger partial charge in [-0.15, -0.1) is 10.7 Å². The Morgan fingerprint density at radius 1 is 1.43 bits per heavy atom. The van der Waals surface area contributed by atoms with Gasteiger partial charge in [0, 0.05) is 5.69 Å². The molecule has 78 valence electrons. The van der Waals surface area contributed by atoms with Gasteiger partial charge in [0.2, 0.25) is 0 Å². The van der Waals surface area contributed by atoms with E-state index in [1.54, 1.807) is 0 Å². The molecule has 0 bridgehead atoms. The standard InChI is InChI=1S/C12H19NS/c1-5-6-11-7-8-12(10(2)9-11)13-14(3)4/h7-9,13H,3,5-6H2,1-2,4H3. The minimum absolute atomic E-state index is 0.0128. The van der Waals surface area contributed by atoms with Crippen LogP contribution in [0.15, 0.2) is 18.2 Å². The van der Waals surface area contributed by atoms with Gasteiger partial charge in [-0.05, 0) is 36.8 Å². The quantitative estimate of drug-likeness (QED) is 0.747. The van der Waals surface area contributed by atoms with Crippen molar-refractivity contribution in [2.45, 2.75) is 26.7 Å². The van der Waals surface area contributed by atoms with E-state index in [1.165, 1.54) is 29.7 Å². The van der Waals surface area contributed by atoms with Crippen LogP contribution >= 0.6 is 10.7 Å². The van der Waals surface area contributed by atoms with Crippen molar-refractivity contribution < 1.29 is 0 Å². The van der Waals surface area contributed by atoms with Crippen molar-refractivity contribution in [1.29, 1.82) is 0 Å². The van der Waals surface area contributed by atoms with Crippen LogP contribution in [0.2, 0.25) is 0 Å². The first-order valence-corrected chi connectivity index (χ1v) is 6.75. The highest BCUT2D eigenvalue weighted by Crippen LogP contribution is 2.21. The molecule has 1 atom stereocenters. The zero-order valence-corrected chi connectivity index (χ0v) is 10.1. The van der Waals surface area contributed by atoms with E-state index in [0.717, 1.165) is 0 Å². The van der Waals surface area contributed by atoms with Crippen molar-refractivity contribution in [3.63, 3.8) is 0 Å². The molecule has 1 aromatic carbocycles. The Balaban J connectivity index is 2.84. The van der Waals surface area contributed by atoms with E-state index in [-0.39, 0.29) is 10.7 Å². The van der Waals surface area contributed by atoms with Gasteiger partial charge in [0.15, 0.2) is 0 Å². The molecule has 14 heavy (non-hydrogen) atoms. The molecule has 0 radical (unpaired) electrons. The van der Waals surface area contributed by atoms with Crippen LogP contribution in [0.5, 0.6) is 0 Å². The Morgan fingerprint density at radius 2 is 2.14 bits per heavy atom. The van der Waals surface area contributed by atoms with Gasteiger partial charge in [0.25, 0.3) is 0 Å². The minimum Gasteiger partial charge on any atom is -0.336 e. The fraction of sp³-hybridized carbons (Fsp3) is 0.417. The lowest BCUT2D eigenvalue weighted by Crippen LogP contribution is -1.93. The number of benzene rings is 1. The monoisotopic (exact) mass is 209 g/mol. The van der Waals surface area contributed by atoms with E-state index >= 15 is 0 Å². The molecule has 1 nitrogen and oxygen atoms in total. The molecule has 0 amide bonds. The summed E-state index contributed by atoms with van der Waals surface area (Å²) in [5, 5.41) is 0. The van der Waals surface area contributed by atoms with Crippen LogP contribution in [0.4, 0.5) is 5.69 Å². The molecule has 1 aromatic rings. The highest BCUT2D eigenvalue weighted by molar-refractivity contribution is 8.14. The number of anilines is 1. The van der Waals surface area contributed by atoms with Gasteiger partial charge in [-0.1, -0.05) is 31.3 Å². The summed E-state index contributed by atoms with van der Waals surface area (Å²) in [6.07, 6.45) is 4.46. The molecule has 1 rings (SSSR count). The van der Waals surface area contributed by atoms with Gasteiger partial charge in [-0.2, -0.15) is 0 Å². The van der Waals surface area contributed by atoms with Gasteiger partial charge in [0.1, 0.15) is 0 Å². The molecule has 0 spiro atoms. The summed E-state index contributed by atoms with van der Waals surface area (Å²) in [7, 11) is 0.0128. The van der Waals surface area contributed by atoms with Crippen LogP contribution in [0.1, 0.15) is 24.5 Å². The summed E-state index contributed by atoms with van der Waals surface area (Å²) in [4.78, 5) is 0. The van der Waals surface area contributed by atoms with Crippen molar-refractivity contribution in [1.82, 2.24) is 0 Å². The molecule has 0 heterocycles. The van der Waals surface area contributed by atoms with Crippen molar-refractivity contribution in [2.24, 2.45) is 0 Å². The van der Waals surface area contributed by atoms with E-state index < -0.39 is 0 Å². The normalized spacial score (nSPS) is 12.5. The molecule has 2 heteroatoms. The van der Waals surface area contributed by atoms with Crippen LogP contribution in [-0.4, -0.2) is 12.1 Å². The van der Waals surface area contributed by atoms with E-state index in [4.69, 9.17) is 0 Å². The third-order valence-electron chi connectivity index (χ3n) is 2.11. The second kappa shape index (κ2) is 5.20. The molecule has 0 saturated heterocycles. The van der Waals surface area contributed by atoms with Gasteiger partial charge in [-0.25, -0.2) is 0 Å². The molecule has 0 fully saturated rings. The Morgan fingerprint density at radius 3 is 2.64 bits per heavy atom. The summed E-state index contributed by atoms with van der Waals surface area (Å²) in [5.41, 5.74) is 3.96. The summed E-state index contributed by atoms with van der Waals surface area (Å²) < 4.78 is 3.36. The van der Waals surface area contributed by atoms with Crippen LogP contribution < -0.4 is 4.72 Å². The van der Waals surface area contributed by atoms with Crippen molar-refractivity contribution in [3.8, 4) is 0 Å². The summed E-state index contributed by atoms with van der Waals surface area (Å²) in [6.45, 7) is 4.36. The Kier molecular flexibility index (Phi) is 4.21. The maximum atomic E-state index is 3.95. The third kappa shape index (κ3) is 3.18. The zero-order valence-electron chi connectivity index (χ0n) is 9.26. The number of nitrogens with one attached hydrogen (secondary N) is 1. The molecule has 1 unspecified atom stereocenters. The molecular formula is C12H19NS. The van der Waals surface area contributed by atoms with Gasteiger partial charge < -0.3 is 4.72 Å². The molecule has 0 aliphatic heterocycles. The second-order valence-corrected chi connectivity index (χ2v) is 5.12. The fourth-order valence-corrected chi connectivity index (χ4v) is 2.08. The third-order valence-corrected chi connectivity index (χ3v) is 2.68. The number of hydrogen-bond donors (Lipinski definition) is 1. The Hall–Kier alpha value is -0.760. The Bertz CT molecular complexity index is 331. The topological polar surface area (TPSA) is 12.0 Å². The maximum Gasteiger partial charge on any atom is 0.0465 e. The largest absolute Gasteiger partial charge is 0.336 e. The maximum absolute atomic E-state index is 3.95. The molecular weight excluding hydrogens is 190 g/mol. The fourth-order valence-electron chi connectivity index (χ4n) is 1.47. The first-order chi connectivity index (χ1) is 6.63. The smallest absolute Gasteiger partial charge is 0.0465 e. The lowest BCUT2D eigenvalue weighted by Gasteiger charge is -2.10. The van der Waals surface area contributed by atoms with Crippen LogP contribution in [0, 0.1) is 6.92 Å². The predicted molar refractivity (Wildman–Crippen MR) is 69.4 cm³/mol. The highest BCUT2D eigenvalue weighted by Gasteiger charge is 1.98. The van der Waals surface area contributed by atoms with Crippen molar-refractivity contribution in [2.75, 3.05) is 11.0 Å². The van der Waals surface area contributed by atoms with Crippen LogP contribution in [0.25, 0.3) is 0 Å². The number of rotatable bonds is 4. The molecule has 0 aromatic heterocycles. The van der Waals surface area contributed by atoms with Gasteiger partial charge in [-0.3, -0.25) is 0 Å². The van der Waals surface area contributed by atoms with E-state index in [2.05, 4.69) is 48.9 Å². The highest BCUT2D eigenvalue weighted by atomic mass is 32.2. The lowest BCUT2D eigenvalue weighted by molar-refractivity contribution is 0.920. The average Bonchev–Trinajstić information content (AvgIpc) is 2.10. The van der Waals surface area contributed by atoms with E-state index in [0.29, 0.717) is 0 Å².